The number of benzene rings is 3. The van der Waals surface area contributed by atoms with E-state index in [9.17, 15) is 18.0 Å². The van der Waals surface area contributed by atoms with E-state index in [0.29, 0.717) is 16.3 Å². The number of hydrogen-bond acceptors (Lipinski definition) is 4. The van der Waals surface area contributed by atoms with Crippen LogP contribution in [0.25, 0.3) is 0 Å². The third-order valence-corrected chi connectivity index (χ3v) is 8.43. The van der Waals surface area contributed by atoms with Gasteiger partial charge in [0.1, 0.15) is 12.6 Å². The van der Waals surface area contributed by atoms with Crippen LogP contribution in [0, 0.1) is 20.8 Å². The first-order chi connectivity index (χ1) is 18.6. The first-order valence-corrected chi connectivity index (χ1v) is 14.9. The summed E-state index contributed by atoms with van der Waals surface area (Å²) in [6.45, 7) is 12.4. The van der Waals surface area contributed by atoms with Crippen molar-refractivity contribution >= 4 is 39.1 Å². The van der Waals surface area contributed by atoms with Gasteiger partial charge < -0.3 is 10.2 Å². The molecule has 0 aliphatic carbocycles. The SMILES string of the molecule is Cc1ccc(S(=O)(=O)N(CC(=O)N(Cc2cccc(Cl)c2)[C@@H](C)C(=O)NC(C)(C)C)c2ccc(C)cc2C)cc1. The largest absolute Gasteiger partial charge is 0.350 e. The Balaban J connectivity index is 2.08. The van der Waals surface area contributed by atoms with Crippen molar-refractivity contribution in [3.05, 3.63) is 94.0 Å². The Hall–Kier alpha value is -3.36. The molecule has 0 fully saturated rings. The van der Waals surface area contributed by atoms with Crippen molar-refractivity contribution in [3.63, 3.8) is 0 Å². The number of amides is 2. The lowest BCUT2D eigenvalue weighted by Gasteiger charge is -2.34. The Labute approximate surface area is 243 Å². The Morgan fingerprint density at radius 2 is 1.55 bits per heavy atom. The van der Waals surface area contributed by atoms with E-state index in [1.807, 2.05) is 59.7 Å². The van der Waals surface area contributed by atoms with E-state index in [4.69, 9.17) is 11.6 Å². The van der Waals surface area contributed by atoms with Crippen LogP contribution in [0.1, 0.15) is 49.9 Å². The zero-order chi connectivity index (χ0) is 29.8. The van der Waals surface area contributed by atoms with Crippen LogP contribution in [0.4, 0.5) is 5.69 Å². The maximum atomic E-state index is 14.0. The number of carbonyl (C=O) groups excluding carboxylic acids is 2. The van der Waals surface area contributed by atoms with Crippen molar-refractivity contribution in [2.75, 3.05) is 10.8 Å². The second-order valence-corrected chi connectivity index (χ2v) is 13.5. The van der Waals surface area contributed by atoms with Gasteiger partial charge in [0.15, 0.2) is 0 Å². The molecule has 3 aromatic carbocycles. The zero-order valence-electron chi connectivity index (χ0n) is 24.2. The highest BCUT2D eigenvalue weighted by Crippen LogP contribution is 2.28. The van der Waals surface area contributed by atoms with Gasteiger partial charge in [-0.05, 0) is 89.9 Å². The molecule has 214 valence electrons. The standard InChI is InChI=1S/C31H38ClN3O4S/c1-21-11-14-27(15-12-21)40(38,39)35(28-16-13-22(2)17-23(28)3)20-29(36)34(19-25-9-8-10-26(32)18-25)24(4)30(37)33-31(5,6)7/h8-18,24H,19-20H2,1-7H3,(H,33,37)/t24-/m0/s1. The van der Waals surface area contributed by atoms with Gasteiger partial charge in [-0.1, -0.05) is 59.1 Å². The van der Waals surface area contributed by atoms with Crippen molar-refractivity contribution in [2.45, 2.75) is 71.5 Å². The summed E-state index contributed by atoms with van der Waals surface area (Å²) in [5.74, 6) is -0.866. The number of sulfonamides is 1. The second-order valence-electron chi connectivity index (χ2n) is 11.2. The maximum Gasteiger partial charge on any atom is 0.264 e. The highest BCUT2D eigenvalue weighted by Gasteiger charge is 2.34. The molecule has 1 atom stereocenters. The van der Waals surface area contributed by atoms with Crippen molar-refractivity contribution in [1.29, 1.82) is 0 Å². The van der Waals surface area contributed by atoms with Crippen LogP contribution in [0.5, 0.6) is 0 Å². The van der Waals surface area contributed by atoms with Gasteiger partial charge in [0.25, 0.3) is 10.0 Å². The summed E-state index contributed by atoms with van der Waals surface area (Å²) in [7, 11) is -4.12. The average Bonchev–Trinajstić information content (AvgIpc) is 2.85. The molecule has 0 saturated heterocycles. The van der Waals surface area contributed by atoms with Gasteiger partial charge in [-0.3, -0.25) is 13.9 Å². The second kappa shape index (κ2) is 12.4. The van der Waals surface area contributed by atoms with E-state index in [1.165, 1.54) is 17.0 Å². The van der Waals surface area contributed by atoms with Gasteiger partial charge in [0.05, 0.1) is 10.6 Å². The summed E-state index contributed by atoms with van der Waals surface area (Å²) in [5, 5.41) is 3.42. The predicted molar refractivity (Wildman–Crippen MR) is 161 cm³/mol. The molecule has 0 aliphatic rings. The molecule has 40 heavy (non-hydrogen) atoms. The van der Waals surface area contributed by atoms with Crippen LogP contribution in [-0.2, 0) is 26.2 Å². The van der Waals surface area contributed by atoms with Crippen molar-refractivity contribution in [2.24, 2.45) is 0 Å². The van der Waals surface area contributed by atoms with Crippen LogP contribution >= 0.6 is 11.6 Å². The Morgan fingerprint density at radius 1 is 0.925 bits per heavy atom. The molecule has 0 aromatic heterocycles. The van der Waals surface area contributed by atoms with Crippen LogP contribution in [0.3, 0.4) is 0 Å². The van der Waals surface area contributed by atoms with Crippen molar-refractivity contribution in [1.82, 2.24) is 10.2 Å². The lowest BCUT2D eigenvalue weighted by atomic mass is 10.1. The minimum atomic E-state index is -4.12. The van der Waals surface area contributed by atoms with Crippen molar-refractivity contribution in [3.8, 4) is 0 Å². The third-order valence-electron chi connectivity index (χ3n) is 6.42. The molecule has 3 rings (SSSR count). The molecular weight excluding hydrogens is 546 g/mol. The quantitative estimate of drug-likeness (QED) is 0.345. The Bertz CT molecular complexity index is 1480. The highest BCUT2D eigenvalue weighted by molar-refractivity contribution is 7.92. The summed E-state index contributed by atoms with van der Waals surface area (Å²) in [4.78, 5) is 28.7. The van der Waals surface area contributed by atoms with Gasteiger partial charge in [-0.2, -0.15) is 0 Å². The number of nitrogens with one attached hydrogen (secondary N) is 1. The number of anilines is 1. The first-order valence-electron chi connectivity index (χ1n) is 13.1. The molecule has 3 aromatic rings. The topological polar surface area (TPSA) is 86.8 Å². The monoisotopic (exact) mass is 583 g/mol. The predicted octanol–water partition coefficient (Wildman–Crippen LogP) is 5.79. The number of nitrogens with zero attached hydrogens (tertiary/aromatic N) is 2. The average molecular weight is 584 g/mol. The van der Waals surface area contributed by atoms with Crippen LogP contribution in [-0.4, -0.2) is 43.3 Å². The van der Waals surface area contributed by atoms with Crippen LogP contribution < -0.4 is 9.62 Å². The van der Waals surface area contributed by atoms with E-state index < -0.39 is 34.1 Å². The molecule has 7 nitrogen and oxygen atoms in total. The fourth-order valence-electron chi connectivity index (χ4n) is 4.32. The summed E-state index contributed by atoms with van der Waals surface area (Å²) in [5.41, 5.74) is 3.19. The molecule has 0 spiro atoms. The lowest BCUT2D eigenvalue weighted by molar-refractivity contribution is -0.140. The molecule has 0 aliphatic heterocycles. The fraction of sp³-hybridized carbons (Fsp3) is 0.355. The van der Waals surface area contributed by atoms with E-state index in [0.717, 1.165) is 21.0 Å². The minimum absolute atomic E-state index is 0.0728. The smallest absolute Gasteiger partial charge is 0.264 e. The summed E-state index contributed by atoms with van der Waals surface area (Å²) in [6, 6.07) is 18.1. The number of rotatable bonds is 9. The van der Waals surface area contributed by atoms with Crippen LogP contribution in [0.2, 0.25) is 5.02 Å². The molecular formula is C31H38ClN3O4S. The molecule has 1 N–H and O–H groups in total. The molecule has 0 unspecified atom stereocenters. The molecule has 0 heterocycles. The Morgan fingerprint density at radius 3 is 2.12 bits per heavy atom. The first kappa shape index (κ1) is 31.2. The Kier molecular flexibility index (Phi) is 9.69. The summed E-state index contributed by atoms with van der Waals surface area (Å²) >= 11 is 6.20. The van der Waals surface area contributed by atoms with E-state index in [-0.39, 0.29) is 17.3 Å². The van der Waals surface area contributed by atoms with E-state index in [1.54, 1.807) is 43.3 Å². The number of aryl methyl sites for hydroxylation is 3. The highest BCUT2D eigenvalue weighted by atomic mass is 35.5. The molecule has 9 heteroatoms. The molecule has 2 amide bonds. The van der Waals surface area contributed by atoms with Crippen molar-refractivity contribution < 1.29 is 18.0 Å². The van der Waals surface area contributed by atoms with Gasteiger partial charge in [0, 0.05) is 17.1 Å². The molecule has 0 radical (unpaired) electrons. The van der Waals surface area contributed by atoms with E-state index >= 15 is 0 Å². The maximum absolute atomic E-state index is 14.0. The van der Waals surface area contributed by atoms with Gasteiger partial charge in [-0.25, -0.2) is 8.42 Å². The number of carbonyl (C=O) groups is 2. The third kappa shape index (κ3) is 7.86. The number of halogens is 1. The number of hydrogen-bond donors (Lipinski definition) is 1. The zero-order valence-corrected chi connectivity index (χ0v) is 25.7. The van der Waals surface area contributed by atoms with Gasteiger partial charge >= 0.3 is 0 Å². The lowest BCUT2D eigenvalue weighted by Crippen LogP contribution is -2.54. The van der Waals surface area contributed by atoms with Crippen LogP contribution in [0.15, 0.2) is 71.6 Å². The summed E-state index contributed by atoms with van der Waals surface area (Å²) in [6.07, 6.45) is 0. The molecule has 0 bridgehead atoms. The molecule has 0 saturated carbocycles. The normalized spacial score (nSPS) is 12.5. The summed E-state index contributed by atoms with van der Waals surface area (Å²) < 4.78 is 29.1. The van der Waals surface area contributed by atoms with E-state index in [2.05, 4.69) is 5.32 Å². The minimum Gasteiger partial charge on any atom is -0.350 e. The van der Waals surface area contributed by atoms with Gasteiger partial charge in [0.2, 0.25) is 11.8 Å². The fourth-order valence-corrected chi connectivity index (χ4v) is 6.02. The van der Waals surface area contributed by atoms with Gasteiger partial charge in [-0.15, -0.1) is 0 Å².